The SMILES string of the molecule is CC1Cc2cc(-c3csc(-c4cccs4)n3)ccc2N1S(C)(=O)=O. The Bertz CT molecular complexity index is 991. The van der Waals surface area contributed by atoms with Crippen molar-refractivity contribution in [2.24, 2.45) is 0 Å². The molecule has 0 fully saturated rings. The summed E-state index contributed by atoms with van der Waals surface area (Å²) in [4.78, 5) is 5.90. The Hall–Kier alpha value is -1.70. The second-order valence-electron chi connectivity index (χ2n) is 5.97. The molecule has 0 spiro atoms. The molecule has 0 saturated carbocycles. The minimum atomic E-state index is -3.25. The third-order valence-corrected chi connectivity index (χ3v) is 7.27. The van der Waals surface area contributed by atoms with Gasteiger partial charge in [-0.25, -0.2) is 13.4 Å². The second-order valence-corrected chi connectivity index (χ2v) is 9.64. The van der Waals surface area contributed by atoms with Gasteiger partial charge in [0.2, 0.25) is 10.0 Å². The molecule has 0 saturated heterocycles. The van der Waals surface area contributed by atoms with Crippen molar-refractivity contribution >= 4 is 38.4 Å². The number of rotatable bonds is 3. The van der Waals surface area contributed by atoms with Crippen LogP contribution in [-0.2, 0) is 16.4 Å². The molecule has 0 radical (unpaired) electrons. The molecule has 1 aromatic carbocycles. The number of thiophene rings is 1. The maximum atomic E-state index is 12.0. The van der Waals surface area contributed by atoms with E-state index in [0.717, 1.165) is 33.9 Å². The molecular formula is C17H16N2O2S3. The molecule has 1 aliphatic rings. The van der Waals surface area contributed by atoms with Gasteiger partial charge in [-0.05, 0) is 42.5 Å². The van der Waals surface area contributed by atoms with E-state index in [4.69, 9.17) is 4.98 Å². The molecule has 0 aliphatic carbocycles. The van der Waals surface area contributed by atoms with E-state index in [9.17, 15) is 8.42 Å². The predicted octanol–water partition coefficient (Wildman–Crippen LogP) is 4.25. The molecule has 3 aromatic rings. The zero-order valence-corrected chi connectivity index (χ0v) is 15.7. The van der Waals surface area contributed by atoms with Crippen LogP contribution < -0.4 is 4.31 Å². The summed E-state index contributed by atoms with van der Waals surface area (Å²) < 4.78 is 25.5. The van der Waals surface area contributed by atoms with Crippen molar-refractivity contribution in [3.63, 3.8) is 0 Å². The van der Waals surface area contributed by atoms with Crippen LogP contribution in [0.5, 0.6) is 0 Å². The highest BCUT2D eigenvalue weighted by Crippen LogP contribution is 2.38. The molecule has 124 valence electrons. The van der Waals surface area contributed by atoms with Crippen LogP contribution >= 0.6 is 22.7 Å². The van der Waals surface area contributed by atoms with Crippen LogP contribution in [0.2, 0.25) is 0 Å². The molecule has 3 heterocycles. The Balaban J connectivity index is 1.72. The first-order valence-corrected chi connectivity index (χ1v) is 11.2. The summed E-state index contributed by atoms with van der Waals surface area (Å²) in [5.41, 5.74) is 3.84. The van der Waals surface area contributed by atoms with Gasteiger partial charge in [0.05, 0.1) is 22.5 Å². The van der Waals surface area contributed by atoms with Crippen LogP contribution in [0.4, 0.5) is 5.69 Å². The monoisotopic (exact) mass is 376 g/mol. The van der Waals surface area contributed by atoms with E-state index in [1.807, 2.05) is 30.5 Å². The van der Waals surface area contributed by atoms with Crippen molar-refractivity contribution in [1.29, 1.82) is 0 Å². The summed E-state index contributed by atoms with van der Waals surface area (Å²) >= 11 is 3.32. The van der Waals surface area contributed by atoms with E-state index >= 15 is 0 Å². The fraction of sp³-hybridized carbons (Fsp3) is 0.235. The summed E-state index contributed by atoms with van der Waals surface area (Å²) in [7, 11) is -3.25. The fourth-order valence-corrected chi connectivity index (χ4v) is 6.09. The van der Waals surface area contributed by atoms with E-state index < -0.39 is 10.0 Å². The number of anilines is 1. The van der Waals surface area contributed by atoms with Crippen LogP contribution in [0.1, 0.15) is 12.5 Å². The number of hydrogen-bond donors (Lipinski definition) is 0. The standard InChI is InChI=1S/C17H16N2O2S3/c1-11-8-13-9-12(5-6-15(13)19(11)24(2,20)21)14-10-23-17(18-14)16-4-3-7-22-16/h3-7,9-11H,8H2,1-2H3. The van der Waals surface area contributed by atoms with Gasteiger partial charge < -0.3 is 0 Å². The van der Waals surface area contributed by atoms with Crippen LogP contribution in [0.25, 0.3) is 21.1 Å². The lowest BCUT2D eigenvalue weighted by Crippen LogP contribution is -2.34. The smallest absolute Gasteiger partial charge is 0.232 e. The van der Waals surface area contributed by atoms with Crippen molar-refractivity contribution in [2.75, 3.05) is 10.6 Å². The normalized spacial score (nSPS) is 17.2. The van der Waals surface area contributed by atoms with E-state index in [0.29, 0.717) is 0 Å². The van der Waals surface area contributed by atoms with E-state index in [1.54, 1.807) is 22.7 Å². The molecule has 0 bridgehead atoms. The molecule has 1 unspecified atom stereocenters. The third kappa shape index (κ3) is 2.66. The van der Waals surface area contributed by atoms with Gasteiger partial charge in [0, 0.05) is 17.0 Å². The Morgan fingerprint density at radius 2 is 2.08 bits per heavy atom. The topological polar surface area (TPSA) is 50.3 Å². The molecule has 4 nitrogen and oxygen atoms in total. The molecule has 0 amide bonds. The maximum Gasteiger partial charge on any atom is 0.232 e. The molecule has 1 aliphatic heterocycles. The largest absolute Gasteiger partial charge is 0.267 e. The van der Waals surface area contributed by atoms with Gasteiger partial charge in [-0.1, -0.05) is 12.1 Å². The second kappa shape index (κ2) is 5.68. The number of sulfonamides is 1. The summed E-state index contributed by atoms with van der Waals surface area (Å²) in [6.07, 6.45) is 2.00. The Kier molecular flexibility index (Phi) is 3.74. The predicted molar refractivity (Wildman–Crippen MR) is 101 cm³/mol. The molecule has 1 atom stereocenters. The third-order valence-electron chi connectivity index (χ3n) is 4.12. The number of hydrogen-bond acceptors (Lipinski definition) is 5. The van der Waals surface area contributed by atoms with Gasteiger partial charge in [0.25, 0.3) is 0 Å². The van der Waals surface area contributed by atoms with Crippen LogP contribution in [-0.4, -0.2) is 25.7 Å². The quantitative estimate of drug-likeness (QED) is 0.687. The van der Waals surface area contributed by atoms with Crippen molar-refractivity contribution in [3.05, 3.63) is 46.7 Å². The zero-order chi connectivity index (χ0) is 16.9. The minimum Gasteiger partial charge on any atom is -0.267 e. The highest BCUT2D eigenvalue weighted by molar-refractivity contribution is 7.92. The lowest BCUT2D eigenvalue weighted by molar-refractivity contribution is 0.590. The Morgan fingerprint density at radius 1 is 1.25 bits per heavy atom. The number of fused-ring (bicyclic) bond motifs is 1. The molecule has 0 N–H and O–H groups in total. The zero-order valence-electron chi connectivity index (χ0n) is 13.3. The van der Waals surface area contributed by atoms with E-state index in [2.05, 4.69) is 17.5 Å². The molecular weight excluding hydrogens is 360 g/mol. The summed E-state index contributed by atoms with van der Waals surface area (Å²) in [6, 6.07) is 9.99. The average Bonchev–Trinajstić information content (AvgIpc) is 3.23. The number of nitrogens with zero attached hydrogens (tertiary/aromatic N) is 2. The van der Waals surface area contributed by atoms with E-state index in [-0.39, 0.29) is 6.04 Å². The lowest BCUT2D eigenvalue weighted by Gasteiger charge is -2.21. The maximum absolute atomic E-state index is 12.0. The summed E-state index contributed by atoms with van der Waals surface area (Å²) in [5.74, 6) is 0. The van der Waals surface area contributed by atoms with Crippen LogP contribution in [0.3, 0.4) is 0 Å². The first kappa shape index (κ1) is 15.8. The highest BCUT2D eigenvalue weighted by atomic mass is 32.2. The van der Waals surface area contributed by atoms with Crippen LogP contribution in [0, 0.1) is 0 Å². The Morgan fingerprint density at radius 3 is 2.79 bits per heavy atom. The van der Waals surface area contributed by atoms with Crippen molar-refractivity contribution in [2.45, 2.75) is 19.4 Å². The van der Waals surface area contributed by atoms with Gasteiger partial charge in [0.1, 0.15) is 5.01 Å². The van der Waals surface area contributed by atoms with Gasteiger partial charge in [-0.15, -0.1) is 22.7 Å². The van der Waals surface area contributed by atoms with E-state index in [1.165, 1.54) is 15.4 Å². The number of aromatic nitrogens is 1. The highest BCUT2D eigenvalue weighted by Gasteiger charge is 2.32. The first-order valence-electron chi connectivity index (χ1n) is 7.55. The Labute approximate surface area is 149 Å². The first-order chi connectivity index (χ1) is 11.4. The molecule has 4 rings (SSSR count). The van der Waals surface area contributed by atoms with Gasteiger partial charge in [-0.3, -0.25) is 4.31 Å². The summed E-state index contributed by atoms with van der Waals surface area (Å²) in [5, 5.41) is 5.13. The molecule has 2 aromatic heterocycles. The average molecular weight is 377 g/mol. The van der Waals surface area contributed by atoms with Gasteiger partial charge in [0.15, 0.2) is 0 Å². The van der Waals surface area contributed by atoms with Crippen molar-refractivity contribution < 1.29 is 8.42 Å². The van der Waals surface area contributed by atoms with Gasteiger partial charge in [-0.2, -0.15) is 0 Å². The van der Waals surface area contributed by atoms with Gasteiger partial charge >= 0.3 is 0 Å². The lowest BCUT2D eigenvalue weighted by atomic mass is 10.1. The molecule has 7 heteroatoms. The van der Waals surface area contributed by atoms with Crippen LogP contribution in [0.15, 0.2) is 41.1 Å². The number of benzene rings is 1. The van der Waals surface area contributed by atoms with Crippen molar-refractivity contribution in [1.82, 2.24) is 4.98 Å². The molecule has 24 heavy (non-hydrogen) atoms. The number of thiazole rings is 1. The van der Waals surface area contributed by atoms with Crippen molar-refractivity contribution in [3.8, 4) is 21.1 Å². The summed E-state index contributed by atoms with van der Waals surface area (Å²) in [6.45, 7) is 1.94. The minimum absolute atomic E-state index is 0.0395. The fourth-order valence-electron chi connectivity index (χ4n) is 3.19.